The molecule has 16 heavy (non-hydrogen) atoms. The van der Waals surface area contributed by atoms with Crippen LogP contribution in [-0.4, -0.2) is 12.0 Å². The van der Waals surface area contributed by atoms with E-state index < -0.39 is 11.7 Å². The maximum Gasteiger partial charge on any atom is 0.416 e. The highest BCUT2D eigenvalue weighted by Gasteiger charge is 2.35. The Kier molecular flexibility index (Phi) is 2.91. The molecule has 0 spiro atoms. The first kappa shape index (κ1) is 11.4. The fourth-order valence-corrected chi connectivity index (χ4v) is 2.32. The van der Waals surface area contributed by atoms with Crippen molar-refractivity contribution in [3.05, 3.63) is 23.3 Å². The normalized spacial score (nSPS) is 26.7. The minimum Gasteiger partial charge on any atom is -0.300 e. The number of carbonyl (C=O) groups is 1. The third-order valence-electron chi connectivity index (χ3n) is 3.28. The van der Waals surface area contributed by atoms with Crippen LogP contribution in [0.2, 0.25) is 0 Å². The molecular formula is C12H13F3O. The maximum atomic E-state index is 12.5. The third kappa shape index (κ3) is 2.36. The number of allylic oxidation sites excluding steroid dienone is 4. The van der Waals surface area contributed by atoms with E-state index in [4.69, 9.17) is 0 Å². The molecule has 0 amide bonds. The molecule has 2 aliphatic carbocycles. The van der Waals surface area contributed by atoms with Gasteiger partial charge in [-0.3, -0.25) is 4.79 Å². The summed E-state index contributed by atoms with van der Waals surface area (Å²) in [6, 6.07) is 0. The van der Waals surface area contributed by atoms with Gasteiger partial charge in [-0.15, -0.1) is 0 Å². The predicted octanol–water partition coefficient (Wildman–Crippen LogP) is 3.56. The van der Waals surface area contributed by atoms with Crippen LogP contribution in [0.3, 0.4) is 0 Å². The van der Waals surface area contributed by atoms with E-state index in [2.05, 4.69) is 0 Å². The Hall–Kier alpha value is -1.06. The summed E-state index contributed by atoms with van der Waals surface area (Å²) in [6.45, 7) is 0. The molecule has 1 nitrogen and oxygen atoms in total. The highest BCUT2D eigenvalue weighted by molar-refractivity contribution is 5.79. The smallest absolute Gasteiger partial charge is 0.300 e. The van der Waals surface area contributed by atoms with Gasteiger partial charge in [-0.1, -0.05) is 17.7 Å². The van der Waals surface area contributed by atoms with Crippen molar-refractivity contribution in [1.82, 2.24) is 0 Å². The van der Waals surface area contributed by atoms with E-state index in [1.807, 2.05) is 0 Å². The molecule has 0 saturated heterocycles. The summed E-state index contributed by atoms with van der Waals surface area (Å²) in [5.41, 5.74) is 0.258. The summed E-state index contributed by atoms with van der Waals surface area (Å²) in [7, 11) is 0. The van der Waals surface area contributed by atoms with Gasteiger partial charge in [-0.05, 0) is 25.2 Å². The molecule has 0 aliphatic heterocycles. The molecule has 1 saturated carbocycles. The molecule has 4 heteroatoms. The first-order chi connectivity index (χ1) is 7.47. The molecule has 2 rings (SSSR count). The summed E-state index contributed by atoms with van der Waals surface area (Å²) >= 11 is 0. The Morgan fingerprint density at radius 2 is 1.94 bits per heavy atom. The number of Topliss-reactive ketones (excluding diaryl/α,β-unsaturated/α-hetero) is 1. The van der Waals surface area contributed by atoms with Crippen LogP contribution in [0.1, 0.15) is 32.1 Å². The zero-order chi connectivity index (χ0) is 11.8. The van der Waals surface area contributed by atoms with Crippen LogP contribution in [0.15, 0.2) is 23.3 Å². The number of alkyl halides is 3. The zero-order valence-electron chi connectivity index (χ0n) is 8.81. The van der Waals surface area contributed by atoms with Gasteiger partial charge >= 0.3 is 6.18 Å². The van der Waals surface area contributed by atoms with Gasteiger partial charge in [0.2, 0.25) is 0 Å². The fraction of sp³-hybridized carbons (Fsp3) is 0.583. The molecule has 0 aromatic rings. The number of rotatable bonds is 0. The number of ketones is 1. The van der Waals surface area contributed by atoms with Crippen LogP contribution in [-0.2, 0) is 4.79 Å². The van der Waals surface area contributed by atoms with E-state index >= 15 is 0 Å². The van der Waals surface area contributed by atoms with Crippen LogP contribution in [0.4, 0.5) is 13.2 Å². The predicted molar refractivity (Wildman–Crippen MR) is 53.8 cm³/mol. The van der Waals surface area contributed by atoms with Crippen molar-refractivity contribution < 1.29 is 18.0 Å². The second kappa shape index (κ2) is 4.07. The van der Waals surface area contributed by atoms with E-state index in [0.29, 0.717) is 32.1 Å². The van der Waals surface area contributed by atoms with Crippen molar-refractivity contribution in [3.63, 3.8) is 0 Å². The molecule has 0 N–H and O–H groups in total. The lowest BCUT2D eigenvalue weighted by Gasteiger charge is -2.22. The summed E-state index contributed by atoms with van der Waals surface area (Å²) in [5, 5.41) is 0. The molecular weight excluding hydrogens is 217 g/mol. The molecule has 0 heterocycles. The lowest BCUT2D eigenvalue weighted by atomic mass is 9.85. The summed E-state index contributed by atoms with van der Waals surface area (Å²) in [6.07, 6.45) is 0.771. The lowest BCUT2D eigenvalue weighted by molar-refractivity contribution is -0.118. The number of fused-ring (bicyclic) bond motifs is 1. The second-order valence-electron chi connectivity index (χ2n) is 4.39. The molecule has 2 aliphatic rings. The minimum atomic E-state index is -4.26. The Morgan fingerprint density at radius 3 is 2.62 bits per heavy atom. The highest BCUT2D eigenvalue weighted by Crippen LogP contribution is 2.38. The second-order valence-corrected chi connectivity index (χ2v) is 4.39. The van der Waals surface area contributed by atoms with Gasteiger partial charge in [0.15, 0.2) is 0 Å². The summed E-state index contributed by atoms with van der Waals surface area (Å²) in [5.74, 6) is 0.321. The van der Waals surface area contributed by atoms with Crippen LogP contribution < -0.4 is 0 Å². The van der Waals surface area contributed by atoms with Crippen molar-refractivity contribution in [2.75, 3.05) is 0 Å². The van der Waals surface area contributed by atoms with Gasteiger partial charge in [0, 0.05) is 12.8 Å². The highest BCUT2D eigenvalue weighted by atomic mass is 19.4. The third-order valence-corrected chi connectivity index (χ3v) is 3.28. The quantitative estimate of drug-likeness (QED) is 0.621. The molecule has 0 aromatic carbocycles. The average Bonchev–Trinajstić information content (AvgIpc) is 2.39. The van der Waals surface area contributed by atoms with E-state index in [-0.39, 0.29) is 11.7 Å². The fourth-order valence-electron chi connectivity index (χ4n) is 2.32. The molecule has 1 unspecified atom stereocenters. The Balaban J connectivity index is 2.19. The first-order valence-corrected chi connectivity index (χ1v) is 5.46. The van der Waals surface area contributed by atoms with Crippen LogP contribution in [0, 0.1) is 5.92 Å². The zero-order valence-corrected chi connectivity index (χ0v) is 8.81. The molecule has 1 fully saturated rings. The molecule has 0 aromatic heterocycles. The molecule has 88 valence electrons. The standard InChI is InChI=1S/C12H13F3O/c13-12(14,15)10-4-1-8-2-5-11(16)6-3-9(8)7-10/h4,7-8H,1-3,5-6H2. The number of hydrogen-bond acceptors (Lipinski definition) is 1. The van der Waals surface area contributed by atoms with Gasteiger partial charge in [0.05, 0.1) is 5.57 Å². The van der Waals surface area contributed by atoms with E-state index in [1.54, 1.807) is 0 Å². The van der Waals surface area contributed by atoms with Crippen LogP contribution >= 0.6 is 0 Å². The maximum absolute atomic E-state index is 12.5. The summed E-state index contributed by atoms with van der Waals surface area (Å²) in [4.78, 5) is 11.2. The molecule has 0 bridgehead atoms. The van der Waals surface area contributed by atoms with Gasteiger partial charge < -0.3 is 0 Å². The van der Waals surface area contributed by atoms with E-state index in [1.165, 1.54) is 12.2 Å². The molecule has 0 radical (unpaired) electrons. The van der Waals surface area contributed by atoms with Crippen molar-refractivity contribution in [1.29, 1.82) is 0 Å². The minimum absolute atomic E-state index is 0.151. The van der Waals surface area contributed by atoms with Gasteiger partial charge in [-0.2, -0.15) is 13.2 Å². The first-order valence-electron chi connectivity index (χ1n) is 5.46. The van der Waals surface area contributed by atoms with E-state index in [9.17, 15) is 18.0 Å². The Morgan fingerprint density at radius 1 is 1.19 bits per heavy atom. The number of halogens is 3. The Labute approximate surface area is 92.0 Å². The largest absolute Gasteiger partial charge is 0.416 e. The monoisotopic (exact) mass is 230 g/mol. The average molecular weight is 230 g/mol. The molecule has 1 atom stereocenters. The van der Waals surface area contributed by atoms with Crippen LogP contribution in [0.25, 0.3) is 0 Å². The summed E-state index contributed by atoms with van der Waals surface area (Å²) < 4.78 is 37.5. The SMILES string of the molecule is O=C1CCC2=CC(C(F)(F)F)=CCC2CC1. The van der Waals surface area contributed by atoms with Crippen LogP contribution in [0.5, 0.6) is 0 Å². The topological polar surface area (TPSA) is 17.1 Å². The van der Waals surface area contributed by atoms with Gasteiger partial charge in [-0.25, -0.2) is 0 Å². The number of carbonyl (C=O) groups excluding carboxylic acids is 1. The van der Waals surface area contributed by atoms with Gasteiger partial charge in [0.1, 0.15) is 5.78 Å². The van der Waals surface area contributed by atoms with Crippen molar-refractivity contribution in [3.8, 4) is 0 Å². The Bertz CT molecular complexity index is 363. The van der Waals surface area contributed by atoms with E-state index in [0.717, 1.165) is 5.57 Å². The van der Waals surface area contributed by atoms with Gasteiger partial charge in [0.25, 0.3) is 0 Å². The number of hydrogen-bond donors (Lipinski definition) is 0. The van der Waals surface area contributed by atoms with Crippen molar-refractivity contribution >= 4 is 5.78 Å². The van der Waals surface area contributed by atoms with Crippen molar-refractivity contribution in [2.45, 2.75) is 38.3 Å². The van der Waals surface area contributed by atoms with Crippen molar-refractivity contribution in [2.24, 2.45) is 5.92 Å². The lowest BCUT2D eigenvalue weighted by Crippen LogP contribution is -2.16.